The van der Waals surface area contributed by atoms with Crippen LogP contribution in [0.15, 0.2) is 35.3 Å². The van der Waals surface area contributed by atoms with Gasteiger partial charge in [-0.3, -0.25) is 4.99 Å². The van der Waals surface area contributed by atoms with Gasteiger partial charge < -0.3 is 20.1 Å². The minimum Gasteiger partial charge on any atom is -0.381 e. The Morgan fingerprint density at radius 3 is 2.56 bits per heavy atom. The molecule has 0 amide bonds. The zero-order valence-electron chi connectivity index (χ0n) is 15.0. The summed E-state index contributed by atoms with van der Waals surface area (Å²) in [5.41, 5.74) is 1.50. The third-order valence-corrected chi connectivity index (χ3v) is 5.18. The monoisotopic (exact) mass is 459 g/mol. The van der Waals surface area contributed by atoms with Crippen LogP contribution in [0.1, 0.15) is 31.2 Å². The summed E-state index contributed by atoms with van der Waals surface area (Å²) in [7, 11) is 1.82. The normalized spacial score (nSPS) is 22.9. The Balaban J connectivity index is 0.00000225. The molecular formula is C19H30IN3O2. The predicted octanol–water partition coefficient (Wildman–Crippen LogP) is 2.70. The van der Waals surface area contributed by atoms with E-state index >= 15 is 0 Å². The average molecular weight is 459 g/mol. The van der Waals surface area contributed by atoms with Crippen molar-refractivity contribution in [1.82, 2.24) is 10.6 Å². The summed E-state index contributed by atoms with van der Waals surface area (Å²) in [5, 5.41) is 6.93. The largest absolute Gasteiger partial charge is 0.381 e. The fourth-order valence-electron chi connectivity index (χ4n) is 3.61. The summed E-state index contributed by atoms with van der Waals surface area (Å²) in [6.07, 6.45) is 4.68. The Kier molecular flexibility index (Phi) is 8.45. The molecule has 140 valence electrons. The first-order valence-electron chi connectivity index (χ1n) is 9.02. The van der Waals surface area contributed by atoms with Crippen LogP contribution in [0.2, 0.25) is 0 Å². The quantitative estimate of drug-likeness (QED) is 0.404. The molecule has 1 unspecified atom stereocenters. The van der Waals surface area contributed by atoms with E-state index in [1.54, 1.807) is 0 Å². The average Bonchev–Trinajstić information content (AvgIpc) is 3.17. The van der Waals surface area contributed by atoms with Crippen molar-refractivity contribution < 1.29 is 9.47 Å². The minimum atomic E-state index is 0. The van der Waals surface area contributed by atoms with Gasteiger partial charge in [0.15, 0.2) is 5.96 Å². The van der Waals surface area contributed by atoms with Gasteiger partial charge in [-0.1, -0.05) is 30.3 Å². The Bertz CT molecular complexity index is 527. The van der Waals surface area contributed by atoms with Gasteiger partial charge in [-0.2, -0.15) is 0 Å². The molecule has 2 heterocycles. The van der Waals surface area contributed by atoms with Gasteiger partial charge in [0.2, 0.25) is 0 Å². The lowest BCUT2D eigenvalue weighted by Crippen LogP contribution is -2.49. The first kappa shape index (κ1) is 20.5. The number of hydrogen-bond acceptors (Lipinski definition) is 3. The number of benzene rings is 1. The number of guanidine groups is 1. The van der Waals surface area contributed by atoms with Crippen LogP contribution >= 0.6 is 24.0 Å². The van der Waals surface area contributed by atoms with E-state index < -0.39 is 0 Å². The van der Waals surface area contributed by atoms with Crippen molar-refractivity contribution >= 4 is 29.9 Å². The standard InChI is InChI=1S/C19H29N3O2.HI/c1-20-18(21-14-17-8-5-11-24-17)22-15-19(9-12-23-13-10-19)16-6-3-2-4-7-16;/h2-4,6-7,17H,5,8-15H2,1H3,(H2,20,21,22);1H. The zero-order valence-corrected chi connectivity index (χ0v) is 17.3. The van der Waals surface area contributed by atoms with Crippen LogP contribution in [0, 0.1) is 0 Å². The summed E-state index contributed by atoms with van der Waals surface area (Å²) >= 11 is 0. The summed E-state index contributed by atoms with van der Waals surface area (Å²) in [6.45, 7) is 4.21. The second-order valence-electron chi connectivity index (χ2n) is 6.70. The lowest BCUT2D eigenvalue weighted by molar-refractivity contribution is 0.0513. The Hall–Kier alpha value is -0.860. The van der Waals surface area contributed by atoms with E-state index in [-0.39, 0.29) is 29.4 Å². The maximum absolute atomic E-state index is 5.67. The molecule has 0 aliphatic carbocycles. The van der Waals surface area contributed by atoms with E-state index in [1.165, 1.54) is 5.56 Å². The van der Waals surface area contributed by atoms with Crippen molar-refractivity contribution in [1.29, 1.82) is 0 Å². The van der Waals surface area contributed by atoms with Crippen molar-refractivity contribution in [2.75, 3.05) is 40.0 Å². The summed E-state index contributed by atoms with van der Waals surface area (Å²) in [6, 6.07) is 10.8. The van der Waals surface area contributed by atoms with E-state index in [0.717, 1.165) is 64.6 Å². The smallest absolute Gasteiger partial charge is 0.191 e. The summed E-state index contributed by atoms with van der Waals surface area (Å²) < 4.78 is 11.3. The molecule has 25 heavy (non-hydrogen) atoms. The van der Waals surface area contributed by atoms with Crippen molar-refractivity contribution in [2.24, 2.45) is 4.99 Å². The summed E-state index contributed by atoms with van der Waals surface area (Å²) in [4.78, 5) is 4.37. The van der Waals surface area contributed by atoms with Crippen LogP contribution in [0.5, 0.6) is 0 Å². The van der Waals surface area contributed by atoms with E-state index in [1.807, 2.05) is 7.05 Å². The van der Waals surface area contributed by atoms with Crippen LogP contribution in [-0.4, -0.2) is 52.0 Å². The van der Waals surface area contributed by atoms with Crippen molar-refractivity contribution in [3.8, 4) is 0 Å². The van der Waals surface area contributed by atoms with Gasteiger partial charge >= 0.3 is 0 Å². The van der Waals surface area contributed by atoms with Gasteiger partial charge in [-0.25, -0.2) is 0 Å². The van der Waals surface area contributed by atoms with Gasteiger partial charge in [0.25, 0.3) is 0 Å². The third-order valence-electron chi connectivity index (χ3n) is 5.18. The highest BCUT2D eigenvalue weighted by Gasteiger charge is 2.34. The molecule has 0 spiro atoms. The third kappa shape index (κ3) is 5.56. The first-order chi connectivity index (χ1) is 11.8. The highest BCUT2D eigenvalue weighted by atomic mass is 127. The van der Waals surface area contributed by atoms with Crippen molar-refractivity contribution in [3.05, 3.63) is 35.9 Å². The van der Waals surface area contributed by atoms with Crippen LogP contribution in [0.25, 0.3) is 0 Å². The maximum Gasteiger partial charge on any atom is 0.191 e. The number of nitrogens with one attached hydrogen (secondary N) is 2. The minimum absolute atomic E-state index is 0. The highest BCUT2D eigenvalue weighted by molar-refractivity contribution is 14.0. The SMILES string of the molecule is CN=C(NCC1CCCO1)NCC1(c2ccccc2)CCOCC1.I. The van der Waals surface area contributed by atoms with E-state index in [2.05, 4.69) is 46.0 Å². The molecule has 6 heteroatoms. The molecule has 1 aromatic carbocycles. The Morgan fingerprint density at radius 2 is 1.92 bits per heavy atom. The van der Waals surface area contributed by atoms with Crippen LogP contribution in [0.3, 0.4) is 0 Å². The second kappa shape index (κ2) is 10.3. The molecule has 2 fully saturated rings. The lowest BCUT2D eigenvalue weighted by atomic mass is 9.74. The molecule has 2 N–H and O–H groups in total. The molecule has 3 rings (SSSR count). The molecule has 0 aromatic heterocycles. The topological polar surface area (TPSA) is 54.9 Å². The molecule has 0 bridgehead atoms. The molecule has 2 saturated heterocycles. The molecule has 2 aliphatic rings. The molecule has 5 nitrogen and oxygen atoms in total. The van der Waals surface area contributed by atoms with Gasteiger partial charge in [0.05, 0.1) is 6.10 Å². The fraction of sp³-hybridized carbons (Fsp3) is 0.632. The molecular weight excluding hydrogens is 429 g/mol. The molecule has 0 saturated carbocycles. The molecule has 1 aromatic rings. The predicted molar refractivity (Wildman–Crippen MR) is 112 cm³/mol. The molecule has 2 aliphatic heterocycles. The summed E-state index contributed by atoms with van der Waals surface area (Å²) in [5.74, 6) is 0.854. The zero-order chi connectivity index (χ0) is 16.7. The van der Waals surface area contributed by atoms with Crippen LogP contribution < -0.4 is 10.6 Å². The fourth-order valence-corrected chi connectivity index (χ4v) is 3.61. The van der Waals surface area contributed by atoms with E-state index in [9.17, 15) is 0 Å². The van der Waals surface area contributed by atoms with Crippen LogP contribution in [-0.2, 0) is 14.9 Å². The highest BCUT2D eigenvalue weighted by Crippen LogP contribution is 2.34. The Labute approximate surface area is 168 Å². The van der Waals surface area contributed by atoms with Crippen molar-refractivity contribution in [2.45, 2.75) is 37.2 Å². The van der Waals surface area contributed by atoms with Gasteiger partial charge in [-0.05, 0) is 31.2 Å². The number of halogens is 1. The number of hydrogen-bond donors (Lipinski definition) is 2. The lowest BCUT2D eigenvalue weighted by Gasteiger charge is -2.38. The van der Waals surface area contributed by atoms with Gasteiger partial charge in [0, 0.05) is 45.4 Å². The molecule has 0 radical (unpaired) electrons. The van der Waals surface area contributed by atoms with Gasteiger partial charge in [-0.15, -0.1) is 24.0 Å². The maximum atomic E-state index is 5.67. The number of rotatable bonds is 5. The first-order valence-corrected chi connectivity index (χ1v) is 9.02. The number of nitrogens with zero attached hydrogens (tertiary/aromatic N) is 1. The number of aliphatic imine (C=N–C) groups is 1. The number of ether oxygens (including phenoxy) is 2. The van der Waals surface area contributed by atoms with E-state index in [0.29, 0.717) is 6.10 Å². The van der Waals surface area contributed by atoms with Crippen molar-refractivity contribution in [3.63, 3.8) is 0 Å². The second-order valence-corrected chi connectivity index (χ2v) is 6.70. The van der Waals surface area contributed by atoms with E-state index in [4.69, 9.17) is 9.47 Å². The van der Waals surface area contributed by atoms with Gasteiger partial charge in [0.1, 0.15) is 0 Å². The molecule has 1 atom stereocenters. The Morgan fingerprint density at radius 1 is 1.16 bits per heavy atom. The van der Waals surface area contributed by atoms with Crippen LogP contribution in [0.4, 0.5) is 0 Å².